The summed E-state index contributed by atoms with van der Waals surface area (Å²) in [7, 11) is 0. The van der Waals surface area contributed by atoms with E-state index in [0.29, 0.717) is 5.56 Å². The minimum atomic E-state index is -1.36. The van der Waals surface area contributed by atoms with Crippen molar-refractivity contribution in [3.05, 3.63) is 35.9 Å². The Hall–Kier alpha value is -1.88. The fourth-order valence-corrected chi connectivity index (χ4v) is 1.87. The normalized spacial score (nSPS) is 12.8. The molecule has 2 N–H and O–H groups in total. The maximum atomic E-state index is 12.2. The van der Waals surface area contributed by atoms with Crippen LogP contribution in [0.4, 0.5) is 0 Å². The summed E-state index contributed by atoms with van der Waals surface area (Å²) in [4.78, 5) is 24.6. The number of hydrogen-bond donors (Lipinski definition) is 2. The molecule has 1 rings (SSSR count). The Morgan fingerprint density at radius 3 is 2.21 bits per heavy atom. The van der Waals surface area contributed by atoms with Crippen LogP contribution in [0.2, 0.25) is 0 Å². The van der Waals surface area contributed by atoms with E-state index in [9.17, 15) is 14.7 Å². The number of hydrogen-bond acceptors (Lipinski definition) is 3. The zero-order chi connectivity index (χ0) is 14.6. The van der Waals surface area contributed by atoms with Gasteiger partial charge in [0.15, 0.2) is 6.10 Å². The van der Waals surface area contributed by atoms with Gasteiger partial charge in [0.25, 0.3) is 5.91 Å². The number of likely N-dealkylation sites (N-methyl/N-ethyl adjacent to an activating group) is 1. The standard InChI is InChI=1S/C14H19NO4/c1-4-15(14(2,3)13(18)19)12(17)11(16)10-8-6-5-7-9-10/h5-9,11,16H,4H2,1-3H3,(H,18,19). The second-order valence-electron chi connectivity index (χ2n) is 4.76. The molecule has 104 valence electrons. The number of rotatable bonds is 5. The SMILES string of the molecule is CCN(C(=O)C(O)c1ccccc1)C(C)(C)C(=O)O. The summed E-state index contributed by atoms with van der Waals surface area (Å²) in [5.41, 5.74) is -0.908. The van der Waals surface area contributed by atoms with Gasteiger partial charge in [-0.25, -0.2) is 4.79 Å². The number of aliphatic hydroxyl groups excluding tert-OH is 1. The quantitative estimate of drug-likeness (QED) is 0.844. The molecule has 0 bridgehead atoms. The van der Waals surface area contributed by atoms with Gasteiger partial charge in [-0.05, 0) is 26.3 Å². The smallest absolute Gasteiger partial charge is 0.329 e. The molecule has 0 aliphatic heterocycles. The summed E-state index contributed by atoms with van der Waals surface area (Å²) in [5.74, 6) is -1.72. The highest BCUT2D eigenvalue weighted by Crippen LogP contribution is 2.22. The Morgan fingerprint density at radius 1 is 1.26 bits per heavy atom. The fourth-order valence-electron chi connectivity index (χ4n) is 1.87. The molecule has 1 unspecified atom stereocenters. The lowest BCUT2D eigenvalue weighted by Gasteiger charge is -2.35. The number of carboxylic acid groups (broad SMARTS) is 1. The first-order chi connectivity index (χ1) is 8.82. The van der Waals surface area contributed by atoms with Crippen LogP contribution in [-0.2, 0) is 9.59 Å². The Labute approximate surface area is 112 Å². The third kappa shape index (κ3) is 3.12. The van der Waals surface area contributed by atoms with Gasteiger partial charge in [0.2, 0.25) is 0 Å². The molecule has 0 fully saturated rings. The van der Waals surface area contributed by atoms with Crippen LogP contribution >= 0.6 is 0 Å². The number of aliphatic hydroxyl groups is 1. The summed E-state index contributed by atoms with van der Waals surface area (Å²) >= 11 is 0. The van der Waals surface area contributed by atoms with Gasteiger partial charge in [-0.1, -0.05) is 30.3 Å². The second-order valence-corrected chi connectivity index (χ2v) is 4.76. The van der Waals surface area contributed by atoms with E-state index in [1.807, 2.05) is 0 Å². The predicted octanol–water partition coefficient (Wildman–Crippen LogP) is 1.43. The molecule has 5 heteroatoms. The third-order valence-electron chi connectivity index (χ3n) is 3.13. The lowest BCUT2D eigenvalue weighted by Crippen LogP contribution is -2.54. The Kier molecular flexibility index (Phi) is 4.67. The molecule has 0 heterocycles. The van der Waals surface area contributed by atoms with E-state index in [2.05, 4.69) is 0 Å². The van der Waals surface area contributed by atoms with Gasteiger partial charge in [0, 0.05) is 6.54 Å². The number of nitrogens with zero attached hydrogens (tertiary/aromatic N) is 1. The Morgan fingerprint density at radius 2 is 1.79 bits per heavy atom. The van der Waals surface area contributed by atoms with Crippen molar-refractivity contribution >= 4 is 11.9 Å². The molecule has 0 aliphatic rings. The minimum Gasteiger partial charge on any atom is -0.480 e. The van der Waals surface area contributed by atoms with Gasteiger partial charge in [-0.2, -0.15) is 0 Å². The molecule has 0 aliphatic carbocycles. The first-order valence-electron chi connectivity index (χ1n) is 6.10. The molecule has 0 aromatic heterocycles. The number of amides is 1. The minimum absolute atomic E-state index is 0.210. The van der Waals surface area contributed by atoms with Crippen LogP contribution in [0, 0.1) is 0 Å². The number of carbonyl (C=O) groups excluding carboxylic acids is 1. The van der Waals surface area contributed by atoms with E-state index in [1.54, 1.807) is 37.3 Å². The van der Waals surface area contributed by atoms with Crippen molar-refractivity contribution in [2.75, 3.05) is 6.54 Å². The molecule has 1 amide bonds. The molecule has 19 heavy (non-hydrogen) atoms. The van der Waals surface area contributed by atoms with Crippen LogP contribution in [0.15, 0.2) is 30.3 Å². The predicted molar refractivity (Wildman–Crippen MR) is 70.5 cm³/mol. The topological polar surface area (TPSA) is 77.8 Å². The second kappa shape index (κ2) is 5.84. The Balaban J connectivity index is 3.00. The summed E-state index contributed by atoms with van der Waals surface area (Å²) in [6, 6.07) is 8.46. The van der Waals surface area contributed by atoms with E-state index >= 15 is 0 Å². The summed E-state index contributed by atoms with van der Waals surface area (Å²) in [6.45, 7) is 4.77. The molecule has 0 spiro atoms. The molecule has 5 nitrogen and oxygen atoms in total. The van der Waals surface area contributed by atoms with Gasteiger partial charge in [-0.15, -0.1) is 0 Å². The van der Waals surface area contributed by atoms with Gasteiger partial charge in [-0.3, -0.25) is 4.79 Å². The third-order valence-corrected chi connectivity index (χ3v) is 3.13. The highest BCUT2D eigenvalue weighted by atomic mass is 16.4. The highest BCUT2D eigenvalue weighted by Gasteiger charge is 2.39. The fraction of sp³-hybridized carbons (Fsp3) is 0.429. The van der Waals surface area contributed by atoms with Crippen LogP contribution < -0.4 is 0 Å². The van der Waals surface area contributed by atoms with Crippen molar-refractivity contribution < 1.29 is 19.8 Å². The van der Waals surface area contributed by atoms with Crippen LogP contribution in [0.5, 0.6) is 0 Å². The number of benzene rings is 1. The van der Waals surface area contributed by atoms with Crippen LogP contribution in [0.1, 0.15) is 32.4 Å². The summed E-state index contributed by atoms with van der Waals surface area (Å²) < 4.78 is 0. The maximum Gasteiger partial charge on any atom is 0.329 e. The summed E-state index contributed by atoms with van der Waals surface area (Å²) in [5, 5.41) is 19.2. The van der Waals surface area contributed by atoms with E-state index in [0.717, 1.165) is 4.90 Å². The van der Waals surface area contributed by atoms with Crippen molar-refractivity contribution in [3.63, 3.8) is 0 Å². The van der Waals surface area contributed by atoms with Crippen molar-refractivity contribution in [2.45, 2.75) is 32.4 Å². The first-order valence-corrected chi connectivity index (χ1v) is 6.10. The number of aliphatic carboxylic acids is 1. The van der Waals surface area contributed by atoms with E-state index in [4.69, 9.17) is 5.11 Å². The molecule has 0 saturated carbocycles. The monoisotopic (exact) mass is 265 g/mol. The number of carboxylic acids is 1. The van der Waals surface area contributed by atoms with Gasteiger partial charge in [0.05, 0.1) is 0 Å². The van der Waals surface area contributed by atoms with Crippen LogP contribution in [0.3, 0.4) is 0 Å². The van der Waals surface area contributed by atoms with E-state index < -0.39 is 23.5 Å². The molecule has 0 saturated heterocycles. The average Bonchev–Trinajstić information content (AvgIpc) is 2.39. The van der Waals surface area contributed by atoms with Gasteiger partial charge < -0.3 is 15.1 Å². The van der Waals surface area contributed by atoms with Gasteiger partial charge >= 0.3 is 5.97 Å². The van der Waals surface area contributed by atoms with Crippen molar-refractivity contribution in [1.29, 1.82) is 0 Å². The lowest BCUT2D eigenvalue weighted by molar-refractivity contribution is -0.160. The Bertz CT molecular complexity index is 456. The summed E-state index contributed by atoms with van der Waals surface area (Å²) in [6.07, 6.45) is -1.35. The van der Waals surface area contributed by atoms with E-state index in [-0.39, 0.29) is 6.54 Å². The van der Waals surface area contributed by atoms with Crippen molar-refractivity contribution in [3.8, 4) is 0 Å². The lowest BCUT2D eigenvalue weighted by atomic mass is 10.0. The largest absolute Gasteiger partial charge is 0.480 e. The number of carbonyl (C=O) groups is 2. The zero-order valence-corrected chi connectivity index (χ0v) is 11.3. The van der Waals surface area contributed by atoms with Crippen LogP contribution in [-0.4, -0.2) is 39.1 Å². The molecule has 1 aromatic rings. The van der Waals surface area contributed by atoms with Crippen molar-refractivity contribution in [1.82, 2.24) is 4.90 Å². The van der Waals surface area contributed by atoms with Gasteiger partial charge in [0.1, 0.15) is 5.54 Å². The highest BCUT2D eigenvalue weighted by molar-refractivity contribution is 5.89. The zero-order valence-electron chi connectivity index (χ0n) is 11.3. The molecular formula is C14H19NO4. The average molecular weight is 265 g/mol. The molecule has 1 atom stereocenters. The first kappa shape index (κ1) is 15.2. The van der Waals surface area contributed by atoms with Crippen molar-refractivity contribution in [2.24, 2.45) is 0 Å². The molecule has 0 radical (unpaired) electrons. The van der Waals surface area contributed by atoms with E-state index in [1.165, 1.54) is 13.8 Å². The molecule has 1 aromatic carbocycles. The van der Waals surface area contributed by atoms with Crippen LogP contribution in [0.25, 0.3) is 0 Å². The molecular weight excluding hydrogens is 246 g/mol. The maximum absolute atomic E-state index is 12.2.